The van der Waals surface area contributed by atoms with Crippen LogP contribution in [0.15, 0.2) is 36.7 Å². The summed E-state index contributed by atoms with van der Waals surface area (Å²) in [5.74, 6) is 0. The fourth-order valence-corrected chi connectivity index (χ4v) is 3.39. The average Bonchev–Trinajstić information content (AvgIpc) is 3.02. The summed E-state index contributed by atoms with van der Waals surface area (Å²) >= 11 is 1.88. The third kappa shape index (κ3) is 3.48. The molecular formula is C15H19ClN2S. The van der Waals surface area contributed by atoms with Crippen molar-refractivity contribution >= 4 is 17.0 Å². The molecule has 0 aliphatic carbocycles. The van der Waals surface area contributed by atoms with E-state index in [-0.39, 0.29) is 12.4 Å². The number of aryl methyl sites for hydroxylation is 1. The summed E-state index contributed by atoms with van der Waals surface area (Å²) in [5.41, 5.74) is 1.37. The molecule has 0 saturated carbocycles. The summed E-state index contributed by atoms with van der Waals surface area (Å²) in [5, 5.41) is 0. The Morgan fingerprint density at radius 2 is 1.79 bits per heavy atom. The van der Waals surface area contributed by atoms with Crippen LogP contribution in [-0.4, -0.2) is 13.1 Å². The maximum absolute atomic E-state index is 2.47. The van der Waals surface area contributed by atoms with Crippen molar-refractivity contribution in [1.82, 2.24) is 0 Å². The van der Waals surface area contributed by atoms with E-state index in [9.17, 15) is 0 Å². The molecule has 1 fully saturated rings. The van der Waals surface area contributed by atoms with Crippen molar-refractivity contribution in [1.29, 1.82) is 0 Å². The number of hydrogen-bond acceptors (Lipinski definition) is 2. The van der Waals surface area contributed by atoms with Crippen molar-refractivity contribution in [2.75, 3.05) is 18.0 Å². The standard InChI is InChI=1S/C15H19N2S.ClH/c1-13-4-5-15(18-13)12-16-10-6-14(7-11-16)17-8-2-3-9-17;/h4-7,10-11H,2-3,8-9,12H2,1H3;1H/q+1;/p-1. The lowest BCUT2D eigenvalue weighted by Crippen LogP contribution is -3.00. The second-order valence-corrected chi connectivity index (χ2v) is 6.31. The zero-order chi connectivity index (χ0) is 12.4. The van der Waals surface area contributed by atoms with E-state index >= 15 is 0 Å². The predicted octanol–water partition coefficient (Wildman–Crippen LogP) is -0.00348. The Kier molecular flexibility index (Phi) is 4.83. The lowest BCUT2D eigenvalue weighted by Gasteiger charge is -2.16. The molecule has 0 radical (unpaired) electrons. The van der Waals surface area contributed by atoms with Gasteiger partial charge in [0.15, 0.2) is 18.9 Å². The molecule has 2 nitrogen and oxygen atoms in total. The maximum atomic E-state index is 2.47. The minimum absolute atomic E-state index is 0. The third-order valence-electron chi connectivity index (χ3n) is 3.48. The number of nitrogens with zero attached hydrogens (tertiary/aromatic N) is 2. The van der Waals surface area contributed by atoms with Crippen LogP contribution in [-0.2, 0) is 6.54 Å². The van der Waals surface area contributed by atoms with E-state index in [0.717, 1.165) is 6.54 Å². The smallest absolute Gasteiger partial charge is 0.182 e. The number of anilines is 1. The monoisotopic (exact) mass is 294 g/mol. The number of rotatable bonds is 3. The first-order valence-corrected chi connectivity index (χ1v) is 7.42. The van der Waals surface area contributed by atoms with E-state index < -0.39 is 0 Å². The third-order valence-corrected chi connectivity index (χ3v) is 4.46. The quantitative estimate of drug-likeness (QED) is 0.723. The number of pyridine rings is 1. The van der Waals surface area contributed by atoms with Crippen molar-refractivity contribution in [3.63, 3.8) is 0 Å². The molecule has 2 aromatic rings. The predicted molar refractivity (Wildman–Crippen MR) is 76.2 cm³/mol. The minimum atomic E-state index is 0. The summed E-state index contributed by atoms with van der Waals surface area (Å²) in [6, 6.07) is 8.90. The van der Waals surface area contributed by atoms with E-state index in [1.807, 2.05) is 11.3 Å². The fraction of sp³-hybridized carbons (Fsp3) is 0.400. The average molecular weight is 295 g/mol. The van der Waals surface area contributed by atoms with Crippen molar-refractivity contribution in [2.45, 2.75) is 26.3 Å². The molecule has 0 spiro atoms. The Hall–Kier alpha value is -1.06. The maximum Gasteiger partial charge on any atom is 0.182 e. The SMILES string of the molecule is Cc1ccc(C[n+]2ccc(N3CCCC3)cc2)s1.[Cl-]. The van der Waals surface area contributed by atoms with Crippen LogP contribution in [0, 0.1) is 6.92 Å². The molecule has 1 saturated heterocycles. The summed E-state index contributed by atoms with van der Waals surface area (Å²) in [7, 11) is 0. The molecule has 0 bridgehead atoms. The Labute approximate surface area is 125 Å². The molecule has 4 heteroatoms. The molecule has 0 atom stereocenters. The first-order chi connectivity index (χ1) is 8.81. The van der Waals surface area contributed by atoms with E-state index in [1.165, 1.54) is 41.4 Å². The molecule has 0 N–H and O–H groups in total. The van der Waals surface area contributed by atoms with Gasteiger partial charge in [-0.1, -0.05) is 0 Å². The van der Waals surface area contributed by atoms with Crippen LogP contribution in [0.3, 0.4) is 0 Å². The Balaban J connectivity index is 0.00000133. The van der Waals surface area contributed by atoms with Gasteiger partial charge in [-0.3, -0.25) is 0 Å². The highest BCUT2D eigenvalue weighted by molar-refractivity contribution is 7.11. The van der Waals surface area contributed by atoms with Gasteiger partial charge >= 0.3 is 0 Å². The molecule has 3 heterocycles. The van der Waals surface area contributed by atoms with Crippen LogP contribution in [0.5, 0.6) is 0 Å². The number of hydrogen-bond donors (Lipinski definition) is 0. The zero-order valence-electron chi connectivity index (χ0n) is 11.2. The molecule has 2 aromatic heterocycles. The van der Waals surface area contributed by atoms with Gasteiger partial charge in [0.05, 0.1) is 4.88 Å². The molecule has 1 aliphatic heterocycles. The van der Waals surface area contributed by atoms with Crippen LogP contribution in [0.1, 0.15) is 22.6 Å². The van der Waals surface area contributed by atoms with Gasteiger partial charge < -0.3 is 17.3 Å². The molecular weight excluding hydrogens is 276 g/mol. The molecule has 0 unspecified atom stereocenters. The minimum Gasteiger partial charge on any atom is -1.00 e. The zero-order valence-corrected chi connectivity index (χ0v) is 12.8. The normalized spacial score (nSPS) is 14.5. The van der Waals surface area contributed by atoms with Crippen molar-refractivity contribution in [3.8, 4) is 0 Å². The summed E-state index contributed by atoms with van der Waals surface area (Å²) in [4.78, 5) is 5.28. The lowest BCUT2D eigenvalue weighted by molar-refractivity contribution is -0.687. The van der Waals surface area contributed by atoms with Gasteiger partial charge in [-0.05, 0) is 31.9 Å². The number of thiophene rings is 1. The lowest BCUT2D eigenvalue weighted by atomic mass is 10.3. The van der Waals surface area contributed by atoms with Gasteiger partial charge in [-0.15, -0.1) is 11.3 Å². The Bertz CT molecular complexity index is 515. The van der Waals surface area contributed by atoms with Gasteiger partial charge in [0.2, 0.25) is 0 Å². The fourth-order valence-electron chi connectivity index (χ4n) is 2.49. The topological polar surface area (TPSA) is 7.12 Å². The number of aromatic nitrogens is 1. The van der Waals surface area contributed by atoms with Gasteiger partial charge in [0, 0.05) is 35.8 Å². The largest absolute Gasteiger partial charge is 1.00 e. The molecule has 102 valence electrons. The first-order valence-electron chi connectivity index (χ1n) is 6.61. The number of halogens is 1. The van der Waals surface area contributed by atoms with Gasteiger partial charge in [-0.25, -0.2) is 0 Å². The van der Waals surface area contributed by atoms with E-state index in [1.54, 1.807) is 0 Å². The molecule has 0 amide bonds. The van der Waals surface area contributed by atoms with E-state index in [4.69, 9.17) is 0 Å². The van der Waals surface area contributed by atoms with Crippen LogP contribution in [0.25, 0.3) is 0 Å². The summed E-state index contributed by atoms with van der Waals surface area (Å²) in [6.45, 7) is 5.58. The molecule has 3 rings (SSSR count). The second-order valence-electron chi connectivity index (χ2n) is 4.94. The van der Waals surface area contributed by atoms with Crippen molar-refractivity contribution < 1.29 is 17.0 Å². The highest BCUT2D eigenvalue weighted by Crippen LogP contribution is 2.18. The summed E-state index contributed by atoms with van der Waals surface area (Å²) < 4.78 is 2.25. The van der Waals surface area contributed by atoms with Crippen LogP contribution < -0.4 is 21.9 Å². The highest BCUT2D eigenvalue weighted by atomic mass is 35.5. The van der Waals surface area contributed by atoms with Crippen LogP contribution in [0.4, 0.5) is 5.69 Å². The van der Waals surface area contributed by atoms with E-state index in [2.05, 4.69) is 53.0 Å². The molecule has 1 aliphatic rings. The van der Waals surface area contributed by atoms with Crippen LogP contribution in [0.2, 0.25) is 0 Å². The first kappa shape index (κ1) is 14.4. The Morgan fingerprint density at radius 3 is 2.37 bits per heavy atom. The van der Waals surface area contributed by atoms with Crippen molar-refractivity contribution in [3.05, 3.63) is 46.4 Å². The van der Waals surface area contributed by atoms with Gasteiger partial charge in [0.1, 0.15) is 0 Å². The van der Waals surface area contributed by atoms with Crippen LogP contribution >= 0.6 is 11.3 Å². The second kappa shape index (κ2) is 6.40. The van der Waals surface area contributed by atoms with Gasteiger partial charge in [0.25, 0.3) is 0 Å². The summed E-state index contributed by atoms with van der Waals surface area (Å²) in [6.07, 6.45) is 7.07. The molecule has 0 aromatic carbocycles. The highest BCUT2D eigenvalue weighted by Gasteiger charge is 2.13. The Morgan fingerprint density at radius 1 is 1.11 bits per heavy atom. The van der Waals surface area contributed by atoms with Crippen molar-refractivity contribution in [2.24, 2.45) is 0 Å². The molecule has 19 heavy (non-hydrogen) atoms. The van der Waals surface area contributed by atoms with Gasteiger partial charge in [-0.2, -0.15) is 4.57 Å². The van der Waals surface area contributed by atoms with E-state index in [0.29, 0.717) is 0 Å².